The van der Waals surface area contributed by atoms with Crippen LogP contribution in [0.2, 0.25) is 0 Å². The van der Waals surface area contributed by atoms with Crippen molar-refractivity contribution in [3.05, 3.63) is 83.7 Å². The van der Waals surface area contributed by atoms with E-state index in [0.717, 1.165) is 5.56 Å². The number of ether oxygens (including phenoxy) is 1. The van der Waals surface area contributed by atoms with Crippen LogP contribution in [-0.2, 0) is 10.2 Å². The number of nitrogens with zero attached hydrogens (tertiary/aromatic N) is 1. The van der Waals surface area contributed by atoms with Gasteiger partial charge in [-0.05, 0) is 47.4 Å². The first-order valence-electron chi connectivity index (χ1n) is 11.3. The highest BCUT2D eigenvalue weighted by Gasteiger charge is 2.15. The minimum Gasteiger partial charge on any atom is -0.494 e. The minimum atomic E-state index is -0.322. The van der Waals surface area contributed by atoms with Crippen molar-refractivity contribution in [1.82, 2.24) is 10.3 Å². The summed E-state index contributed by atoms with van der Waals surface area (Å²) in [6.45, 7) is 6.54. The van der Waals surface area contributed by atoms with E-state index in [2.05, 4.69) is 41.7 Å². The summed E-state index contributed by atoms with van der Waals surface area (Å²) in [6, 6.07) is 15.7. The van der Waals surface area contributed by atoms with Crippen molar-refractivity contribution in [2.24, 2.45) is 0 Å². The maximum atomic E-state index is 12.4. The van der Waals surface area contributed by atoms with Gasteiger partial charge in [0.25, 0.3) is 11.8 Å². The Morgan fingerprint density at radius 2 is 1.66 bits per heavy atom. The fraction of sp³-hybridized carbons (Fsp3) is 0.259. The van der Waals surface area contributed by atoms with E-state index in [1.165, 1.54) is 13.3 Å². The molecule has 0 aliphatic carbocycles. The van der Waals surface area contributed by atoms with Crippen molar-refractivity contribution >= 4 is 29.1 Å². The van der Waals surface area contributed by atoms with Gasteiger partial charge in [0.15, 0.2) is 0 Å². The normalized spacial score (nSPS) is 10.9. The fourth-order valence-electron chi connectivity index (χ4n) is 3.30. The third kappa shape index (κ3) is 7.14. The van der Waals surface area contributed by atoms with Gasteiger partial charge in [0.1, 0.15) is 5.75 Å². The zero-order valence-electron chi connectivity index (χ0n) is 20.3. The SMILES string of the molecule is COc1cc(NC(=O)CCNC(=O)c2ccc(C(C)(C)C)cc2)ccc1NC(=O)c1cccnc1. The minimum absolute atomic E-state index is 0.0128. The number of aromatic nitrogens is 1. The number of nitrogens with one attached hydrogen (secondary N) is 3. The lowest BCUT2D eigenvalue weighted by molar-refractivity contribution is -0.116. The van der Waals surface area contributed by atoms with Crippen molar-refractivity contribution in [3.8, 4) is 5.75 Å². The Labute approximate surface area is 205 Å². The molecule has 3 aromatic rings. The Bertz CT molecular complexity index is 1190. The fourth-order valence-corrected chi connectivity index (χ4v) is 3.30. The third-order valence-electron chi connectivity index (χ3n) is 5.31. The Hall–Kier alpha value is -4.20. The van der Waals surface area contributed by atoms with Crippen LogP contribution >= 0.6 is 0 Å². The first-order valence-corrected chi connectivity index (χ1v) is 11.3. The second kappa shape index (κ2) is 11.3. The molecule has 3 N–H and O–H groups in total. The molecule has 182 valence electrons. The summed E-state index contributed by atoms with van der Waals surface area (Å²) < 4.78 is 5.36. The van der Waals surface area contributed by atoms with Crippen molar-refractivity contribution in [1.29, 1.82) is 0 Å². The lowest BCUT2D eigenvalue weighted by atomic mass is 9.87. The molecule has 3 rings (SSSR count). The van der Waals surface area contributed by atoms with Gasteiger partial charge in [-0.3, -0.25) is 19.4 Å². The molecule has 1 heterocycles. The highest BCUT2D eigenvalue weighted by atomic mass is 16.5. The average Bonchev–Trinajstić information content (AvgIpc) is 2.85. The molecule has 0 atom stereocenters. The van der Waals surface area contributed by atoms with Crippen LogP contribution in [0, 0.1) is 0 Å². The van der Waals surface area contributed by atoms with Crippen LogP contribution in [0.3, 0.4) is 0 Å². The molecule has 0 fully saturated rings. The monoisotopic (exact) mass is 474 g/mol. The lowest BCUT2D eigenvalue weighted by Crippen LogP contribution is -2.27. The van der Waals surface area contributed by atoms with Gasteiger partial charge < -0.3 is 20.7 Å². The van der Waals surface area contributed by atoms with E-state index in [-0.39, 0.29) is 36.1 Å². The van der Waals surface area contributed by atoms with E-state index >= 15 is 0 Å². The van der Waals surface area contributed by atoms with Crippen LogP contribution in [0.25, 0.3) is 0 Å². The number of rotatable bonds is 8. The zero-order valence-corrected chi connectivity index (χ0v) is 20.3. The third-order valence-corrected chi connectivity index (χ3v) is 5.31. The van der Waals surface area contributed by atoms with E-state index in [1.807, 2.05) is 12.1 Å². The van der Waals surface area contributed by atoms with E-state index < -0.39 is 0 Å². The number of carbonyl (C=O) groups excluding carboxylic acids is 3. The molecule has 0 unspecified atom stereocenters. The lowest BCUT2D eigenvalue weighted by Gasteiger charge is -2.19. The van der Waals surface area contributed by atoms with Gasteiger partial charge in [-0.1, -0.05) is 32.9 Å². The number of carbonyl (C=O) groups is 3. The van der Waals surface area contributed by atoms with Crippen molar-refractivity contribution in [2.75, 3.05) is 24.3 Å². The van der Waals surface area contributed by atoms with Gasteiger partial charge in [0.2, 0.25) is 5.91 Å². The maximum absolute atomic E-state index is 12.4. The molecular weight excluding hydrogens is 444 g/mol. The predicted molar refractivity (Wildman–Crippen MR) is 136 cm³/mol. The summed E-state index contributed by atoms with van der Waals surface area (Å²) in [4.78, 5) is 41.0. The molecular formula is C27H30N4O4. The van der Waals surface area contributed by atoms with E-state index in [9.17, 15) is 14.4 Å². The summed E-state index contributed by atoms with van der Waals surface area (Å²) in [5.41, 5.74) is 3.09. The highest BCUT2D eigenvalue weighted by Crippen LogP contribution is 2.28. The topological polar surface area (TPSA) is 109 Å². The van der Waals surface area contributed by atoms with Crippen molar-refractivity contribution < 1.29 is 19.1 Å². The van der Waals surface area contributed by atoms with E-state index in [1.54, 1.807) is 48.7 Å². The Balaban J connectivity index is 1.51. The number of anilines is 2. The number of pyridine rings is 1. The van der Waals surface area contributed by atoms with Gasteiger partial charge in [0.05, 0.1) is 18.4 Å². The standard InChI is InChI=1S/C27H30N4O4/c1-27(2,3)20-9-7-18(8-10-20)25(33)29-15-13-24(32)30-21-11-12-22(23(16-21)35-4)31-26(34)19-6-5-14-28-17-19/h5-12,14,16-17H,13,15H2,1-4H3,(H,29,33)(H,30,32)(H,31,34). The Kier molecular flexibility index (Phi) is 8.20. The molecule has 0 bridgehead atoms. The smallest absolute Gasteiger partial charge is 0.257 e. The largest absolute Gasteiger partial charge is 0.494 e. The van der Waals surface area contributed by atoms with Crippen LogP contribution < -0.4 is 20.7 Å². The summed E-state index contributed by atoms with van der Waals surface area (Å²) in [5, 5.41) is 8.31. The number of hydrogen-bond acceptors (Lipinski definition) is 5. The summed E-state index contributed by atoms with van der Waals surface area (Å²) in [6.07, 6.45) is 3.16. The number of methoxy groups -OCH3 is 1. The van der Waals surface area contributed by atoms with Crippen LogP contribution in [0.15, 0.2) is 67.0 Å². The second-order valence-corrected chi connectivity index (χ2v) is 8.99. The van der Waals surface area contributed by atoms with E-state index in [0.29, 0.717) is 28.3 Å². The molecule has 8 heteroatoms. The van der Waals surface area contributed by atoms with Gasteiger partial charge in [-0.25, -0.2) is 0 Å². The van der Waals surface area contributed by atoms with Crippen LogP contribution in [0.5, 0.6) is 5.75 Å². The molecule has 0 saturated heterocycles. The molecule has 0 radical (unpaired) electrons. The first-order chi connectivity index (χ1) is 16.7. The molecule has 3 amide bonds. The number of hydrogen-bond donors (Lipinski definition) is 3. The quantitative estimate of drug-likeness (QED) is 0.448. The van der Waals surface area contributed by atoms with Gasteiger partial charge in [-0.2, -0.15) is 0 Å². The summed E-state index contributed by atoms with van der Waals surface area (Å²) >= 11 is 0. The summed E-state index contributed by atoms with van der Waals surface area (Å²) in [7, 11) is 1.48. The predicted octanol–water partition coefficient (Wildman–Crippen LogP) is 4.40. The van der Waals surface area contributed by atoms with Crippen LogP contribution in [0.1, 0.15) is 53.5 Å². The Morgan fingerprint density at radius 3 is 2.29 bits per heavy atom. The van der Waals surface area contributed by atoms with Gasteiger partial charge in [0, 0.05) is 42.7 Å². The number of benzene rings is 2. The molecule has 0 spiro atoms. The second-order valence-electron chi connectivity index (χ2n) is 8.99. The maximum Gasteiger partial charge on any atom is 0.257 e. The van der Waals surface area contributed by atoms with Crippen LogP contribution in [-0.4, -0.2) is 36.4 Å². The van der Waals surface area contributed by atoms with Crippen molar-refractivity contribution in [2.45, 2.75) is 32.6 Å². The molecule has 2 aromatic carbocycles. The van der Waals surface area contributed by atoms with Crippen molar-refractivity contribution in [3.63, 3.8) is 0 Å². The Morgan fingerprint density at radius 1 is 0.914 bits per heavy atom. The molecule has 35 heavy (non-hydrogen) atoms. The van der Waals surface area contributed by atoms with Crippen LogP contribution in [0.4, 0.5) is 11.4 Å². The average molecular weight is 475 g/mol. The summed E-state index contributed by atoms with van der Waals surface area (Å²) in [5.74, 6) is -0.416. The van der Waals surface area contributed by atoms with Gasteiger partial charge in [-0.15, -0.1) is 0 Å². The molecule has 0 saturated carbocycles. The van der Waals surface area contributed by atoms with Gasteiger partial charge >= 0.3 is 0 Å². The number of amides is 3. The molecule has 0 aliphatic heterocycles. The van der Waals surface area contributed by atoms with E-state index in [4.69, 9.17) is 4.74 Å². The molecule has 8 nitrogen and oxygen atoms in total. The first kappa shape index (κ1) is 25.4. The zero-order chi connectivity index (χ0) is 25.4. The highest BCUT2D eigenvalue weighted by molar-refractivity contribution is 6.05. The molecule has 0 aliphatic rings. The molecule has 1 aromatic heterocycles.